The van der Waals surface area contributed by atoms with Gasteiger partial charge in [-0.3, -0.25) is 24.1 Å². The number of amides is 2. The van der Waals surface area contributed by atoms with E-state index in [-0.39, 0.29) is 34.3 Å². The second-order valence-corrected chi connectivity index (χ2v) is 20.9. The maximum atomic E-state index is 14.1. The van der Waals surface area contributed by atoms with Gasteiger partial charge in [-0.05, 0) is 117 Å². The summed E-state index contributed by atoms with van der Waals surface area (Å²) < 4.78 is 29.1. The van der Waals surface area contributed by atoms with E-state index in [1.807, 2.05) is 30.0 Å². The quantitative estimate of drug-likeness (QED) is 0.418. The molecule has 0 aromatic heterocycles. The molecule has 6 aliphatic rings. The number of carbonyl (C=O) groups excluding carboxylic acids is 2. The first kappa shape index (κ1) is 40.9. The van der Waals surface area contributed by atoms with Gasteiger partial charge in [-0.1, -0.05) is 31.0 Å². The van der Waals surface area contributed by atoms with Crippen LogP contribution in [-0.2, 0) is 31.1 Å². The van der Waals surface area contributed by atoms with Gasteiger partial charge in [-0.15, -0.1) is 0 Å². The van der Waals surface area contributed by atoms with E-state index in [4.69, 9.17) is 21.1 Å². The van der Waals surface area contributed by atoms with Gasteiger partial charge in [0.2, 0.25) is 5.91 Å². The first-order valence-corrected chi connectivity index (χ1v) is 23.5. The molecular formula is C44H62ClN5O6S. The Morgan fingerprint density at radius 1 is 0.982 bits per heavy atom. The average molecular weight is 825 g/mol. The number of halogens is 1. The molecule has 2 amide bonds. The minimum Gasteiger partial charge on any atom is -0.490 e. The fourth-order valence-corrected chi connectivity index (χ4v) is 12.4. The molecule has 2 aliphatic carbocycles. The molecule has 11 nitrogen and oxygen atoms in total. The normalized spacial score (nSPS) is 34.4. The fourth-order valence-electron chi connectivity index (χ4n) is 10.7. The van der Waals surface area contributed by atoms with Crippen molar-refractivity contribution in [3.05, 3.63) is 58.1 Å². The van der Waals surface area contributed by atoms with Crippen molar-refractivity contribution in [1.29, 1.82) is 0 Å². The monoisotopic (exact) mass is 823 g/mol. The van der Waals surface area contributed by atoms with Crippen molar-refractivity contribution in [2.75, 3.05) is 90.2 Å². The summed E-state index contributed by atoms with van der Waals surface area (Å²) in [5.41, 5.74) is 2.51. The maximum Gasteiger partial charge on any atom is 0.262 e. The minimum atomic E-state index is -3.00. The number of rotatable bonds is 5. The van der Waals surface area contributed by atoms with E-state index in [1.54, 1.807) is 6.07 Å². The van der Waals surface area contributed by atoms with Crippen LogP contribution in [0.15, 0.2) is 36.4 Å². The van der Waals surface area contributed by atoms with Crippen LogP contribution in [0.1, 0.15) is 80.3 Å². The number of aliphatic hydroxyl groups is 1. The number of hydrogen-bond acceptors (Lipinski definition) is 9. The molecule has 7 atom stereocenters. The Morgan fingerprint density at radius 3 is 2.58 bits per heavy atom. The van der Waals surface area contributed by atoms with Crippen LogP contribution in [0, 0.1) is 17.8 Å². The second-order valence-electron chi connectivity index (χ2n) is 18.1. The number of morpholine rings is 1. The highest BCUT2D eigenvalue weighted by Gasteiger charge is 2.50. The molecule has 2 aromatic carbocycles. The van der Waals surface area contributed by atoms with Crippen molar-refractivity contribution in [2.45, 2.75) is 81.5 Å². The van der Waals surface area contributed by atoms with Crippen molar-refractivity contribution >= 4 is 44.7 Å². The number of nitrogens with one attached hydrogen (secondary N) is 1. The van der Waals surface area contributed by atoms with Gasteiger partial charge in [0.25, 0.3) is 5.91 Å². The summed E-state index contributed by atoms with van der Waals surface area (Å²) in [6.07, 6.45) is 6.93. The molecule has 1 unspecified atom stereocenters. The van der Waals surface area contributed by atoms with Crippen molar-refractivity contribution < 1.29 is 28.4 Å². The van der Waals surface area contributed by atoms with Gasteiger partial charge >= 0.3 is 0 Å². The number of benzene rings is 2. The van der Waals surface area contributed by atoms with Crippen LogP contribution >= 0.6 is 11.6 Å². The smallest absolute Gasteiger partial charge is 0.262 e. The molecule has 2 bridgehead atoms. The predicted octanol–water partition coefficient (Wildman–Crippen LogP) is 4.62. The zero-order valence-electron chi connectivity index (χ0n) is 33.9. The fraction of sp³-hybridized carbons (Fsp3) is 0.659. The number of piperazine rings is 1. The third-order valence-corrected chi connectivity index (χ3v) is 16.9. The van der Waals surface area contributed by atoms with Gasteiger partial charge in [-0.25, -0.2) is 4.21 Å². The molecule has 0 radical (unpaired) electrons. The van der Waals surface area contributed by atoms with Gasteiger partial charge in [0.15, 0.2) is 0 Å². The molecular weight excluding hydrogens is 762 g/mol. The van der Waals surface area contributed by atoms with E-state index in [0.717, 1.165) is 107 Å². The Morgan fingerprint density at radius 2 is 1.81 bits per heavy atom. The Balaban J connectivity index is 1.09. The molecule has 1 spiro atoms. The zero-order valence-corrected chi connectivity index (χ0v) is 35.5. The average Bonchev–Trinajstić information content (AvgIpc) is 3.32. The van der Waals surface area contributed by atoms with E-state index in [9.17, 15) is 18.9 Å². The molecule has 3 fully saturated rings. The van der Waals surface area contributed by atoms with Gasteiger partial charge < -0.3 is 24.4 Å². The van der Waals surface area contributed by atoms with E-state index < -0.39 is 21.2 Å². The summed E-state index contributed by atoms with van der Waals surface area (Å²) in [6, 6.07) is 11.8. The van der Waals surface area contributed by atoms with Crippen LogP contribution < -0.4 is 14.4 Å². The highest BCUT2D eigenvalue weighted by Crippen LogP contribution is 2.49. The molecule has 4 aliphatic heterocycles. The third-order valence-electron chi connectivity index (χ3n) is 14.5. The van der Waals surface area contributed by atoms with Crippen LogP contribution in [0.5, 0.6) is 5.75 Å². The summed E-state index contributed by atoms with van der Waals surface area (Å²) >= 11 is 6.51. The zero-order chi connectivity index (χ0) is 40.0. The molecule has 1 saturated carbocycles. The SMILES string of the molecule is C=S1(=O)NC(=O)c2ccc3c(c2)N(C[C@@H]2CC[C@H]2[C@@](O)(CN2CCN(CCN4CCOCC4)C(=O)C2)CCC[C@H](C)[C@H]1C)C[C@@]1(CCCc2cc(Cl)ccc21)CO3. The summed E-state index contributed by atoms with van der Waals surface area (Å²) in [4.78, 5) is 36.3. The lowest BCUT2D eigenvalue weighted by Gasteiger charge is -2.52. The topological polar surface area (TPSA) is 115 Å². The van der Waals surface area contributed by atoms with Gasteiger partial charge in [0.1, 0.15) is 5.75 Å². The van der Waals surface area contributed by atoms with Crippen LogP contribution in [-0.4, -0.2) is 138 Å². The highest BCUT2D eigenvalue weighted by molar-refractivity contribution is 7.99. The number of hydrogen-bond donors (Lipinski definition) is 2. The lowest BCUT2D eigenvalue weighted by molar-refractivity contribution is -0.142. The molecule has 57 heavy (non-hydrogen) atoms. The van der Waals surface area contributed by atoms with Crippen molar-refractivity contribution in [1.82, 2.24) is 19.4 Å². The molecule has 312 valence electrons. The number of nitrogens with zero attached hydrogens (tertiary/aromatic N) is 4. The number of anilines is 1. The second kappa shape index (κ2) is 16.6. The summed E-state index contributed by atoms with van der Waals surface area (Å²) in [5.74, 6) is 4.75. The van der Waals surface area contributed by atoms with Crippen LogP contribution in [0.25, 0.3) is 0 Å². The molecule has 13 heteroatoms. The van der Waals surface area contributed by atoms with Gasteiger partial charge in [0.05, 0.1) is 47.4 Å². The van der Waals surface area contributed by atoms with Crippen molar-refractivity contribution in [3.8, 4) is 5.75 Å². The van der Waals surface area contributed by atoms with Gasteiger partial charge in [-0.2, -0.15) is 0 Å². The number of fused-ring (bicyclic) bond motifs is 4. The Bertz CT molecular complexity index is 1930. The van der Waals surface area contributed by atoms with Crippen molar-refractivity contribution in [3.63, 3.8) is 0 Å². The molecule has 4 heterocycles. The lowest BCUT2D eigenvalue weighted by atomic mass is 9.62. The molecule has 2 aromatic rings. The van der Waals surface area contributed by atoms with Gasteiger partial charge in [0, 0.05) is 80.2 Å². The molecule has 2 N–H and O–H groups in total. The Hall–Kier alpha value is -2.87. The Labute approximate surface area is 344 Å². The molecule has 8 rings (SSSR count). The number of β-amino-alcohol motifs (C(OH)–C–C–N with tert-alkyl or cyclic N) is 1. The lowest BCUT2D eigenvalue weighted by Crippen LogP contribution is -2.60. The molecule has 2 saturated heterocycles. The summed E-state index contributed by atoms with van der Waals surface area (Å²) in [5, 5.41) is 13.4. The number of carbonyl (C=O) groups is 2. The number of aryl methyl sites for hydroxylation is 1. The summed E-state index contributed by atoms with van der Waals surface area (Å²) in [6.45, 7) is 12.9. The largest absolute Gasteiger partial charge is 0.490 e. The van der Waals surface area contributed by atoms with Crippen LogP contribution in [0.2, 0.25) is 5.02 Å². The van der Waals surface area contributed by atoms with E-state index >= 15 is 0 Å². The van der Waals surface area contributed by atoms with Crippen molar-refractivity contribution in [2.24, 2.45) is 17.8 Å². The Kier molecular flexibility index (Phi) is 11.9. The highest BCUT2D eigenvalue weighted by atomic mass is 35.5. The maximum absolute atomic E-state index is 14.1. The van der Waals surface area contributed by atoms with E-state index in [2.05, 4.69) is 44.3 Å². The van der Waals surface area contributed by atoms with Crippen LogP contribution in [0.4, 0.5) is 5.69 Å². The van der Waals surface area contributed by atoms with E-state index in [0.29, 0.717) is 51.3 Å². The van der Waals surface area contributed by atoms with Crippen LogP contribution in [0.3, 0.4) is 0 Å². The van der Waals surface area contributed by atoms with E-state index in [1.165, 1.54) is 11.1 Å². The summed E-state index contributed by atoms with van der Waals surface area (Å²) in [7, 11) is -3.00. The first-order chi connectivity index (χ1) is 27.3. The first-order valence-electron chi connectivity index (χ1n) is 21.3. The number of ether oxygens (including phenoxy) is 2. The standard InChI is InChI=1S/C44H62ClN5O6S/c1-31-6-4-15-44(53,29-48-17-19-49(41(51)27-48)18-16-47-20-22-55-23-21-47)38-11-8-35(38)26-50-28-43(14-5-7-33-24-36(45)10-12-37(33)43)30-56-40-13-9-34(25-39(40)50)42(52)46-57(3,54)32(31)2/h9-10,12-13,24-25,31-32,35,38,53H,3-8,11,14-23,26-30H2,1-2H3,(H,46,52,54)/t31-,32+,35-,38+,43-,44-,57?/m0/s1. The minimum absolute atomic E-state index is 0.00149. The third kappa shape index (κ3) is 8.59. The predicted molar refractivity (Wildman–Crippen MR) is 227 cm³/mol.